The predicted molar refractivity (Wildman–Crippen MR) is 198 cm³/mol. The van der Waals surface area contributed by atoms with Crippen LogP contribution in [-0.4, -0.2) is 14.5 Å². The van der Waals surface area contributed by atoms with Gasteiger partial charge in [-0.2, -0.15) is 0 Å². The molecule has 1 aliphatic rings. The standard InChI is InChI=1S/C43H29N3S/c1-43(2)33-17-9-6-15-31(33)38-39(44-42(45-41(38)43)27-12-4-3-5-13-27)26-20-22-28(23-21-26)46-34-18-10-7-16-32(34)37-35(46)25-24-30-29-14-8-11-19-36(29)47-40(30)37/h3-25H,1-2H3. The maximum absolute atomic E-state index is 5.28. The maximum Gasteiger partial charge on any atom is 0.160 e. The van der Waals surface area contributed by atoms with Gasteiger partial charge in [-0.3, -0.25) is 0 Å². The second kappa shape index (κ2) is 9.71. The second-order valence-corrected chi connectivity index (χ2v) is 14.0. The van der Waals surface area contributed by atoms with Gasteiger partial charge in [0.1, 0.15) is 0 Å². The predicted octanol–water partition coefficient (Wildman–Crippen LogP) is 11.6. The van der Waals surface area contributed by atoms with Crippen LogP contribution in [-0.2, 0) is 5.41 Å². The highest BCUT2D eigenvalue weighted by Gasteiger charge is 2.39. The third-order valence-electron chi connectivity index (χ3n) is 9.98. The zero-order valence-corrected chi connectivity index (χ0v) is 26.8. The van der Waals surface area contributed by atoms with Gasteiger partial charge in [-0.05, 0) is 41.5 Å². The van der Waals surface area contributed by atoms with Gasteiger partial charge in [-0.15, -0.1) is 11.3 Å². The molecule has 0 fully saturated rings. The van der Waals surface area contributed by atoms with E-state index in [-0.39, 0.29) is 5.41 Å². The summed E-state index contributed by atoms with van der Waals surface area (Å²) >= 11 is 1.89. The van der Waals surface area contributed by atoms with Crippen LogP contribution in [0.2, 0.25) is 0 Å². The highest BCUT2D eigenvalue weighted by atomic mass is 32.1. The van der Waals surface area contributed by atoms with E-state index in [1.54, 1.807) is 0 Å². The molecule has 9 aromatic rings. The van der Waals surface area contributed by atoms with Crippen LogP contribution in [0.25, 0.3) is 81.4 Å². The van der Waals surface area contributed by atoms with Crippen molar-refractivity contribution < 1.29 is 0 Å². The first-order valence-electron chi connectivity index (χ1n) is 16.1. The largest absolute Gasteiger partial charge is 0.309 e. The first-order valence-corrected chi connectivity index (χ1v) is 16.9. The summed E-state index contributed by atoms with van der Waals surface area (Å²) in [4.78, 5) is 10.5. The van der Waals surface area contributed by atoms with Gasteiger partial charge in [-0.25, -0.2) is 9.97 Å². The van der Waals surface area contributed by atoms with E-state index in [1.807, 2.05) is 17.4 Å². The maximum atomic E-state index is 5.28. The van der Waals surface area contributed by atoms with Crippen molar-refractivity contribution in [1.82, 2.24) is 14.5 Å². The molecule has 3 nitrogen and oxygen atoms in total. The summed E-state index contributed by atoms with van der Waals surface area (Å²) in [6.07, 6.45) is 0. The molecule has 0 unspecified atom stereocenters. The quantitative estimate of drug-likeness (QED) is 0.197. The first-order chi connectivity index (χ1) is 23.1. The van der Waals surface area contributed by atoms with Crippen LogP contribution < -0.4 is 0 Å². The van der Waals surface area contributed by atoms with Crippen LogP contribution >= 0.6 is 11.3 Å². The Kier molecular flexibility index (Phi) is 5.50. The van der Waals surface area contributed by atoms with Crippen LogP contribution in [0.3, 0.4) is 0 Å². The van der Waals surface area contributed by atoms with Crippen LogP contribution in [0.5, 0.6) is 0 Å². The molecule has 10 rings (SSSR count). The highest BCUT2D eigenvalue weighted by Crippen LogP contribution is 2.51. The molecule has 0 amide bonds. The third kappa shape index (κ3) is 3.73. The van der Waals surface area contributed by atoms with E-state index >= 15 is 0 Å². The molecule has 1 aliphatic carbocycles. The van der Waals surface area contributed by atoms with Gasteiger partial charge < -0.3 is 4.57 Å². The van der Waals surface area contributed by atoms with Crippen molar-refractivity contribution in [3.63, 3.8) is 0 Å². The van der Waals surface area contributed by atoms with Crippen molar-refractivity contribution in [2.24, 2.45) is 0 Å². The lowest BCUT2D eigenvalue weighted by molar-refractivity contribution is 0.636. The van der Waals surface area contributed by atoms with Gasteiger partial charge in [0.25, 0.3) is 0 Å². The fourth-order valence-electron chi connectivity index (χ4n) is 7.75. The number of para-hydroxylation sites is 1. The van der Waals surface area contributed by atoms with Crippen molar-refractivity contribution in [3.8, 4) is 39.5 Å². The Bertz CT molecular complexity index is 2700. The van der Waals surface area contributed by atoms with Crippen molar-refractivity contribution in [1.29, 1.82) is 0 Å². The molecular weight excluding hydrogens is 591 g/mol. The van der Waals surface area contributed by atoms with Crippen LogP contribution in [0, 0.1) is 0 Å². The Hall–Kier alpha value is -5.58. The fourth-order valence-corrected chi connectivity index (χ4v) is 9.01. The molecule has 0 atom stereocenters. The molecule has 222 valence electrons. The molecular formula is C43H29N3S. The summed E-state index contributed by atoms with van der Waals surface area (Å²) in [5, 5.41) is 5.26. The average molecular weight is 620 g/mol. The molecule has 3 heterocycles. The lowest BCUT2D eigenvalue weighted by Gasteiger charge is -2.21. The molecule has 6 aromatic carbocycles. The summed E-state index contributed by atoms with van der Waals surface area (Å²) in [5.74, 6) is 0.763. The Morgan fingerprint density at radius 3 is 2.15 bits per heavy atom. The molecule has 0 radical (unpaired) electrons. The number of aromatic nitrogens is 3. The van der Waals surface area contributed by atoms with E-state index in [9.17, 15) is 0 Å². The second-order valence-electron chi connectivity index (χ2n) is 13.0. The summed E-state index contributed by atoms with van der Waals surface area (Å²) < 4.78 is 5.09. The van der Waals surface area contributed by atoms with E-state index in [4.69, 9.17) is 9.97 Å². The minimum atomic E-state index is -0.228. The van der Waals surface area contributed by atoms with E-state index in [0.29, 0.717) is 0 Å². The SMILES string of the molecule is CC1(C)c2ccccc2-c2c(-c3ccc(-n4c5ccccc5c5c6sc7ccccc7c6ccc54)cc3)nc(-c3ccccc3)nc21. The number of thiophene rings is 1. The number of rotatable bonds is 3. The van der Waals surface area contributed by atoms with Gasteiger partial charge in [0.05, 0.1) is 22.4 Å². The van der Waals surface area contributed by atoms with E-state index < -0.39 is 0 Å². The molecule has 47 heavy (non-hydrogen) atoms. The monoisotopic (exact) mass is 619 g/mol. The minimum Gasteiger partial charge on any atom is -0.309 e. The van der Waals surface area contributed by atoms with Gasteiger partial charge in [0.15, 0.2) is 5.82 Å². The molecule has 0 bridgehead atoms. The Morgan fingerprint density at radius 1 is 0.574 bits per heavy atom. The van der Waals surface area contributed by atoms with Crippen molar-refractivity contribution in [3.05, 3.63) is 151 Å². The van der Waals surface area contributed by atoms with E-state index in [0.717, 1.165) is 39.6 Å². The van der Waals surface area contributed by atoms with E-state index in [1.165, 1.54) is 53.1 Å². The van der Waals surface area contributed by atoms with Crippen LogP contribution in [0.1, 0.15) is 25.1 Å². The van der Waals surface area contributed by atoms with Crippen LogP contribution in [0.15, 0.2) is 140 Å². The normalized spacial score (nSPS) is 13.5. The zero-order valence-electron chi connectivity index (χ0n) is 26.0. The minimum absolute atomic E-state index is 0.228. The van der Waals surface area contributed by atoms with Gasteiger partial charge >= 0.3 is 0 Å². The summed E-state index contributed by atoms with van der Waals surface area (Å²) in [6, 6.07) is 50.2. The summed E-state index contributed by atoms with van der Waals surface area (Å²) in [7, 11) is 0. The number of nitrogens with zero attached hydrogens (tertiary/aromatic N) is 3. The first kappa shape index (κ1) is 26.6. The van der Waals surface area contributed by atoms with Crippen molar-refractivity contribution in [2.75, 3.05) is 0 Å². The molecule has 0 N–H and O–H groups in total. The molecule has 0 saturated heterocycles. The Labute approximate surface area is 276 Å². The Morgan fingerprint density at radius 2 is 1.30 bits per heavy atom. The topological polar surface area (TPSA) is 30.7 Å². The lowest BCUT2D eigenvalue weighted by Crippen LogP contribution is -2.17. The fraction of sp³-hybridized carbons (Fsp3) is 0.0698. The molecule has 0 spiro atoms. The number of hydrogen-bond donors (Lipinski definition) is 0. The smallest absolute Gasteiger partial charge is 0.160 e. The third-order valence-corrected chi connectivity index (χ3v) is 11.2. The van der Waals surface area contributed by atoms with Gasteiger partial charge in [-0.1, -0.05) is 123 Å². The van der Waals surface area contributed by atoms with Gasteiger partial charge in [0, 0.05) is 58.7 Å². The average Bonchev–Trinajstić information content (AvgIpc) is 3.74. The number of fused-ring (bicyclic) bond motifs is 10. The van der Waals surface area contributed by atoms with Crippen molar-refractivity contribution in [2.45, 2.75) is 19.3 Å². The molecule has 0 aliphatic heterocycles. The van der Waals surface area contributed by atoms with Crippen molar-refractivity contribution >= 4 is 53.3 Å². The van der Waals surface area contributed by atoms with Gasteiger partial charge in [0.2, 0.25) is 0 Å². The highest BCUT2D eigenvalue weighted by molar-refractivity contribution is 7.26. The Balaban J connectivity index is 1.19. The zero-order chi connectivity index (χ0) is 31.3. The lowest BCUT2D eigenvalue weighted by atomic mass is 9.85. The molecule has 3 aromatic heterocycles. The number of hydrogen-bond acceptors (Lipinski definition) is 3. The molecule has 0 saturated carbocycles. The summed E-state index contributed by atoms with van der Waals surface area (Å²) in [5.41, 5.74) is 11.2. The van der Waals surface area contributed by atoms with Crippen LogP contribution in [0.4, 0.5) is 0 Å². The number of benzene rings is 6. The van der Waals surface area contributed by atoms with E-state index in [2.05, 4.69) is 152 Å². The summed E-state index contributed by atoms with van der Waals surface area (Å²) in [6.45, 7) is 4.56. The molecule has 4 heteroatoms.